The molecule has 1 aliphatic carbocycles. The van der Waals surface area contributed by atoms with E-state index in [2.05, 4.69) is 28.8 Å². The molecule has 0 unspecified atom stereocenters. The Morgan fingerprint density at radius 2 is 1.72 bits per heavy atom. The highest BCUT2D eigenvalue weighted by molar-refractivity contribution is 5.20. The topological polar surface area (TPSA) is 83.2 Å². The summed E-state index contributed by atoms with van der Waals surface area (Å²) in [7, 11) is 1.49. The van der Waals surface area contributed by atoms with Crippen molar-refractivity contribution >= 4 is 5.95 Å². The number of hydrogen-bond acceptors (Lipinski definition) is 6. The Bertz CT molecular complexity index is 413. The standard InChI is InChI=1S/C12H20N4O2/c1-12(2)6-4-8(5-7-12)18-11-15-9(13)14-10(16-11)17-3/h8H,4-7H2,1-3H3,(H2,13,14,15,16). The summed E-state index contributed by atoms with van der Waals surface area (Å²) in [5, 5.41) is 0. The van der Waals surface area contributed by atoms with Gasteiger partial charge in [0.15, 0.2) is 0 Å². The molecule has 100 valence electrons. The number of nitrogens with zero attached hydrogens (tertiary/aromatic N) is 3. The molecule has 0 spiro atoms. The van der Waals surface area contributed by atoms with E-state index in [1.807, 2.05) is 0 Å². The molecule has 18 heavy (non-hydrogen) atoms. The fourth-order valence-corrected chi connectivity index (χ4v) is 2.14. The summed E-state index contributed by atoms with van der Waals surface area (Å²) in [5.41, 5.74) is 5.97. The lowest BCUT2D eigenvalue weighted by Gasteiger charge is -2.33. The summed E-state index contributed by atoms with van der Waals surface area (Å²) >= 11 is 0. The van der Waals surface area contributed by atoms with E-state index in [1.165, 1.54) is 7.11 Å². The average Bonchev–Trinajstić information content (AvgIpc) is 2.31. The number of rotatable bonds is 3. The lowest BCUT2D eigenvalue weighted by atomic mass is 9.76. The molecule has 1 aromatic heterocycles. The van der Waals surface area contributed by atoms with Gasteiger partial charge in [-0.2, -0.15) is 9.97 Å². The summed E-state index contributed by atoms with van der Waals surface area (Å²) in [5.74, 6) is 0.119. The lowest BCUT2D eigenvalue weighted by molar-refractivity contribution is 0.0897. The first-order valence-corrected chi connectivity index (χ1v) is 6.21. The predicted molar refractivity (Wildman–Crippen MR) is 67.5 cm³/mol. The monoisotopic (exact) mass is 252 g/mol. The molecule has 6 nitrogen and oxygen atoms in total. The maximum atomic E-state index is 5.75. The quantitative estimate of drug-likeness (QED) is 0.883. The molecule has 0 amide bonds. The van der Waals surface area contributed by atoms with E-state index >= 15 is 0 Å². The number of ether oxygens (including phenoxy) is 2. The van der Waals surface area contributed by atoms with Crippen LogP contribution in [0.1, 0.15) is 39.5 Å². The summed E-state index contributed by atoms with van der Waals surface area (Å²) in [6.07, 6.45) is 4.48. The van der Waals surface area contributed by atoms with Crippen LogP contribution < -0.4 is 15.2 Å². The Morgan fingerprint density at radius 1 is 1.11 bits per heavy atom. The first kappa shape index (κ1) is 12.9. The highest BCUT2D eigenvalue weighted by Gasteiger charge is 2.28. The molecule has 0 radical (unpaired) electrons. The number of hydrogen-bond donors (Lipinski definition) is 1. The van der Waals surface area contributed by atoms with E-state index in [4.69, 9.17) is 15.2 Å². The van der Waals surface area contributed by atoms with Gasteiger partial charge in [0.2, 0.25) is 5.95 Å². The number of anilines is 1. The highest BCUT2D eigenvalue weighted by Crippen LogP contribution is 2.36. The van der Waals surface area contributed by atoms with Gasteiger partial charge in [-0.25, -0.2) is 0 Å². The maximum absolute atomic E-state index is 5.75. The highest BCUT2D eigenvalue weighted by atomic mass is 16.5. The van der Waals surface area contributed by atoms with Crippen molar-refractivity contribution in [3.05, 3.63) is 0 Å². The molecule has 1 saturated carbocycles. The van der Waals surface area contributed by atoms with Gasteiger partial charge in [-0.05, 0) is 31.1 Å². The van der Waals surface area contributed by atoms with Crippen LogP contribution in [0, 0.1) is 5.41 Å². The van der Waals surface area contributed by atoms with Gasteiger partial charge < -0.3 is 15.2 Å². The third-order valence-corrected chi connectivity index (χ3v) is 3.35. The second-order valence-corrected chi connectivity index (χ2v) is 5.44. The van der Waals surface area contributed by atoms with Gasteiger partial charge in [-0.1, -0.05) is 13.8 Å². The van der Waals surface area contributed by atoms with Gasteiger partial charge in [0.25, 0.3) is 0 Å². The van der Waals surface area contributed by atoms with Crippen LogP contribution in [0.15, 0.2) is 0 Å². The molecule has 1 fully saturated rings. The molecule has 6 heteroatoms. The minimum Gasteiger partial charge on any atom is -0.467 e. The van der Waals surface area contributed by atoms with Crippen LogP contribution in [0.3, 0.4) is 0 Å². The summed E-state index contributed by atoms with van der Waals surface area (Å²) in [6, 6.07) is 0.442. The second kappa shape index (κ2) is 4.96. The minimum absolute atomic E-state index is 0.119. The van der Waals surface area contributed by atoms with Crippen LogP contribution in [-0.2, 0) is 0 Å². The zero-order valence-corrected chi connectivity index (χ0v) is 11.1. The Hall–Kier alpha value is -1.59. The Labute approximate surface area is 107 Å². The number of methoxy groups -OCH3 is 1. The SMILES string of the molecule is COc1nc(N)nc(OC2CCC(C)(C)CC2)n1. The van der Waals surface area contributed by atoms with E-state index in [1.54, 1.807) is 0 Å². The largest absolute Gasteiger partial charge is 0.467 e. The molecule has 1 heterocycles. The molecular weight excluding hydrogens is 232 g/mol. The van der Waals surface area contributed by atoms with E-state index in [9.17, 15) is 0 Å². The first-order valence-electron chi connectivity index (χ1n) is 6.21. The van der Waals surface area contributed by atoms with Gasteiger partial charge in [-0.3, -0.25) is 0 Å². The summed E-state index contributed by atoms with van der Waals surface area (Å²) < 4.78 is 10.7. The number of nitrogen functional groups attached to an aromatic ring is 1. The minimum atomic E-state index is 0.119. The van der Waals surface area contributed by atoms with Crippen molar-refractivity contribution in [3.63, 3.8) is 0 Å². The molecule has 2 N–H and O–H groups in total. The van der Waals surface area contributed by atoms with Crippen LogP contribution in [-0.4, -0.2) is 28.2 Å². The Kier molecular flexibility index (Phi) is 3.54. The van der Waals surface area contributed by atoms with Crippen molar-refractivity contribution in [1.82, 2.24) is 15.0 Å². The molecule has 0 bridgehead atoms. The molecule has 0 atom stereocenters. The average molecular weight is 252 g/mol. The van der Waals surface area contributed by atoms with Crippen molar-refractivity contribution in [2.24, 2.45) is 5.41 Å². The third-order valence-electron chi connectivity index (χ3n) is 3.35. The van der Waals surface area contributed by atoms with Gasteiger partial charge in [0.1, 0.15) is 6.10 Å². The van der Waals surface area contributed by atoms with Crippen LogP contribution >= 0.6 is 0 Å². The normalized spacial score (nSPS) is 19.5. The molecular formula is C12H20N4O2. The second-order valence-electron chi connectivity index (χ2n) is 5.44. The van der Waals surface area contributed by atoms with Crippen LogP contribution in [0.5, 0.6) is 12.0 Å². The lowest BCUT2D eigenvalue weighted by Crippen LogP contribution is -2.29. The Balaban J connectivity index is 2.00. The van der Waals surface area contributed by atoms with E-state index in [0.717, 1.165) is 25.7 Å². The zero-order chi connectivity index (χ0) is 13.2. The molecule has 2 rings (SSSR count). The van der Waals surface area contributed by atoms with Crippen molar-refractivity contribution < 1.29 is 9.47 Å². The maximum Gasteiger partial charge on any atom is 0.324 e. The van der Waals surface area contributed by atoms with Gasteiger partial charge >= 0.3 is 12.0 Å². The van der Waals surface area contributed by atoms with Crippen molar-refractivity contribution in [3.8, 4) is 12.0 Å². The fraction of sp³-hybridized carbons (Fsp3) is 0.750. The molecule has 1 aromatic rings. The first-order chi connectivity index (χ1) is 8.48. The summed E-state index contributed by atoms with van der Waals surface area (Å²) in [4.78, 5) is 11.8. The van der Waals surface area contributed by atoms with Gasteiger partial charge in [0.05, 0.1) is 7.11 Å². The van der Waals surface area contributed by atoms with Crippen LogP contribution in [0.4, 0.5) is 5.95 Å². The van der Waals surface area contributed by atoms with Crippen molar-refractivity contribution in [2.45, 2.75) is 45.6 Å². The van der Waals surface area contributed by atoms with Crippen molar-refractivity contribution in [2.75, 3.05) is 12.8 Å². The zero-order valence-electron chi connectivity index (χ0n) is 11.1. The summed E-state index contributed by atoms with van der Waals surface area (Å²) in [6.45, 7) is 4.57. The molecule has 0 aliphatic heterocycles. The number of aromatic nitrogens is 3. The van der Waals surface area contributed by atoms with Crippen molar-refractivity contribution in [1.29, 1.82) is 0 Å². The van der Waals surface area contributed by atoms with Crippen LogP contribution in [0.2, 0.25) is 0 Å². The van der Waals surface area contributed by atoms with Gasteiger partial charge in [0, 0.05) is 0 Å². The molecule has 0 aromatic carbocycles. The van der Waals surface area contributed by atoms with Gasteiger partial charge in [-0.15, -0.1) is 4.98 Å². The molecule has 0 saturated heterocycles. The van der Waals surface area contributed by atoms with E-state index in [-0.39, 0.29) is 24.1 Å². The third kappa shape index (κ3) is 3.21. The van der Waals surface area contributed by atoms with E-state index in [0.29, 0.717) is 5.41 Å². The van der Waals surface area contributed by atoms with E-state index < -0.39 is 0 Å². The fourth-order valence-electron chi connectivity index (χ4n) is 2.14. The predicted octanol–water partition coefficient (Wildman–Crippen LogP) is 1.81. The smallest absolute Gasteiger partial charge is 0.324 e. The number of nitrogens with two attached hydrogens (primary N) is 1. The van der Waals surface area contributed by atoms with Crippen LogP contribution in [0.25, 0.3) is 0 Å². The molecule has 1 aliphatic rings. The Morgan fingerprint density at radius 3 is 2.33 bits per heavy atom.